The largest absolute Gasteiger partial charge is 0.392 e. The summed E-state index contributed by atoms with van der Waals surface area (Å²) in [7, 11) is -3.73. The summed E-state index contributed by atoms with van der Waals surface area (Å²) in [6.07, 6.45) is 3.14. The van der Waals surface area contributed by atoms with Crippen LogP contribution < -0.4 is 4.72 Å². The van der Waals surface area contributed by atoms with Crippen LogP contribution in [0.4, 0.5) is 0 Å². The number of rotatable bonds is 6. The van der Waals surface area contributed by atoms with Gasteiger partial charge in [0.2, 0.25) is 10.0 Å². The van der Waals surface area contributed by atoms with Crippen molar-refractivity contribution in [3.63, 3.8) is 0 Å². The molecule has 0 radical (unpaired) electrons. The van der Waals surface area contributed by atoms with E-state index < -0.39 is 10.0 Å². The van der Waals surface area contributed by atoms with Crippen LogP contribution in [0.25, 0.3) is 0 Å². The fourth-order valence-electron chi connectivity index (χ4n) is 1.58. The summed E-state index contributed by atoms with van der Waals surface area (Å²) in [6.45, 7) is 0.264. The van der Waals surface area contributed by atoms with Crippen molar-refractivity contribution >= 4 is 21.6 Å². The van der Waals surface area contributed by atoms with E-state index in [1.807, 2.05) is 0 Å². The minimum atomic E-state index is -3.73. The lowest BCUT2D eigenvalue weighted by molar-refractivity contribution is 0.281. The predicted molar refractivity (Wildman–Crippen MR) is 72.6 cm³/mol. The van der Waals surface area contributed by atoms with Crippen LogP contribution in [0, 0.1) is 0 Å². The number of sulfonamides is 1. The highest BCUT2D eigenvalue weighted by Crippen LogP contribution is 2.22. The maximum Gasteiger partial charge on any atom is 0.242 e. The van der Waals surface area contributed by atoms with Crippen LogP contribution in [0.3, 0.4) is 0 Å². The Morgan fingerprint density at radius 2 is 2.20 bits per heavy atom. The van der Waals surface area contributed by atoms with E-state index in [9.17, 15) is 8.42 Å². The lowest BCUT2D eigenvalue weighted by Crippen LogP contribution is -2.28. The lowest BCUT2D eigenvalue weighted by atomic mass is 10.2. The Balaban J connectivity index is 2.09. The number of hydrogen-bond donors (Lipinski definition) is 2. The Morgan fingerprint density at radius 1 is 1.40 bits per heavy atom. The van der Waals surface area contributed by atoms with Gasteiger partial charge in [-0.1, -0.05) is 22.9 Å². The molecule has 0 unspecified atom stereocenters. The first-order valence-electron chi connectivity index (χ1n) is 5.76. The van der Waals surface area contributed by atoms with Crippen molar-refractivity contribution in [1.82, 2.24) is 19.7 Å². The van der Waals surface area contributed by atoms with Crippen LogP contribution >= 0.6 is 11.6 Å². The molecule has 1 heterocycles. The lowest BCUT2D eigenvalue weighted by Gasteiger charge is -2.09. The van der Waals surface area contributed by atoms with Crippen molar-refractivity contribution in [2.45, 2.75) is 18.0 Å². The zero-order valence-electron chi connectivity index (χ0n) is 10.4. The van der Waals surface area contributed by atoms with Crippen LogP contribution in [-0.2, 0) is 23.2 Å². The highest BCUT2D eigenvalue weighted by molar-refractivity contribution is 7.89. The van der Waals surface area contributed by atoms with Gasteiger partial charge in [-0.15, -0.1) is 5.10 Å². The molecule has 0 amide bonds. The Morgan fingerprint density at radius 3 is 2.85 bits per heavy atom. The van der Waals surface area contributed by atoms with Crippen LogP contribution in [0.15, 0.2) is 35.5 Å². The van der Waals surface area contributed by atoms with Gasteiger partial charge in [0.05, 0.1) is 24.4 Å². The van der Waals surface area contributed by atoms with E-state index in [0.717, 1.165) is 0 Å². The number of nitrogens with one attached hydrogen (secondary N) is 1. The topological polar surface area (TPSA) is 97.1 Å². The first kappa shape index (κ1) is 14.9. The number of nitrogens with zero attached hydrogens (tertiary/aromatic N) is 3. The van der Waals surface area contributed by atoms with Crippen molar-refractivity contribution in [3.8, 4) is 0 Å². The van der Waals surface area contributed by atoms with Crippen molar-refractivity contribution in [1.29, 1.82) is 0 Å². The molecule has 9 heteroatoms. The van der Waals surface area contributed by atoms with Crippen LogP contribution in [-0.4, -0.2) is 35.1 Å². The number of aliphatic hydroxyl groups is 1. The summed E-state index contributed by atoms with van der Waals surface area (Å²) in [6, 6.07) is 4.36. The third kappa shape index (κ3) is 3.54. The Kier molecular flexibility index (Phi) is 4.71. The molecule has 20 heavy (non-hydrogen) atoms. The van der Waals surface area contributed by atoms with Crippen LogP contribution in [0.1, 0.15) is 5.56 Å². The van der Waals surface area contributed by atoms with Crippen LogP contribution in [0.2, 0.25) is 5.02 Å². The highest BCUT2D eigenvalue weighted by Gasteiger charge is 2.18. The Hall–Kier alpha value is -1.48. The van der Waals surface area contributed by atoms with Gasteiger partial charge in [-0.25, -0.2) is 13.1 Å². The maximum absolute atomic E-state index is 12.1. The molecule has 0 spiro atoms. The van der Waals surface area contributed by atoms with Gasteiger partial charge in [-0.3, -0.25) is 4.68 Å². The fraction of sp³-hybridized carbons (Fsp3) is 0.273. The molecule has 2 aromatic rings. The summed E-state index contributed by atoms with van der Waals surface area (Å²) in [4.78, 5) is -0.0516. The summed E-state index contributed by atoms with van der Waals surface area (Å²) in [5, 5.41) is 16.5. The van der Waals surface area contributed by atoms with Gasteiger partial charge in [0.1, 0.15) is 4.90 Å². The van der Waals surface area contributed by atoms with E-state index in [-0.39, 0.29) is 23.1 Å². The van der Waals surface area contributed by atoms with Crippen molar-refractivity contribution in [2.24, 2.45) is 0 Å². The van der Waals surface area contributed by atoms with E-state index >= 15 is 0 Å². The monoisotopic (exact) mass is 316 g/mol. The molecule has 2 N–H and O–H groups in total. The molecular weight excluding hydrogens is 304 g/mol. The van der Waals surface area contributed by atoms with E-state index in [0.29, 0.717) is 12.1 Å². The summed E-state index contributed by atoms with van der Waals surface area (Å²) < 4.78 is 28.2. The van der Waals surface area contributed by atoms with Gasteiger partial charge in [0, 0.05) is 12.7 Å². The zero-order chi connectivity index (χ0) is 14.6. The molecule has 2 rings (SSSR count). The molecule has 0 aliphatic carbocycles. The molecule has 0 atom stereocenters. The normalized spacial score (nSPS) is 11.7. The van der Waals surface area contributed by atoms with Gasteiger partial charge >= 0.3 is 0 Å². The van der Waals surface area contributed by atoms with Crippen LogP contribution in [0.5, 0.6) is 0 Å². The molecule has 0 saturated carbocycles. The molecule has 1 aromatic heterocycles. The quantitative estimate of drug-likeness (QED) is 0.804. The van der Waals surface area contributed by atoms with E-state index in [4.69, 9.17) is 16.7 Å². The molecule has 0 bridgehead atoms. The fourth-order valence-corrected chi connectivity index (χ4v) is 3.15. The third-order valence-electron chi connectivity index (χ3n) is 2.57. The Labute approximate surface area is 121 Å². The van der Waals surface area contributed by atoms with Gasteiger partial charge in [-0.05, 0) is 17.7 Å². The van der Waals surface area contributed by atoms with Gasteiger partial charge < -0.3 is 5.11 Å². The zero-order valence-corrected chi connectivity index (χ0v) is 12.0. The van der Waals surface area contributed by atoms with Gasteiger partial charge in [0.25, 0.3) is 0 Å². The second-order valence-corrected chi connectivity index (χ2v) is 6.13. The SMILES string of the molecule is O=S(=O)(NCCn1ccnn1)c1cc(CO)ccc1Cl. The first-order chi connectivity index (χ1) is 9.53. The minimum absolute atomic E-state index is 0.0516. The number of benzene rings is 1. The van der Waals surface area contributed by atoms with Crippen molar-refractivity contribution < 1.29 is 13.5 Å². The minimum Gasteiger partial charge on any atom is -0.392 e. The number of aromatic nitrogens is 3. The van der Waals surface area contributed by atoms with Gasteiger partial charge in [-0.2, -0.15) is 0 Å². The van der Waals surface area contributed by atoms with Crippen molar-refractivity contribution in [2.75, 3.05) is 6.54 Å². The Bertz CT molecular complexity index is 673. The first-order valence-corrected chi connectivity index (χ1v) is 7.62. The predicted octanol–water partition coefficient (Wildman–Crippen LogP) is 0.402. The van der Waals surface area contributed by atoms with Crippen molar-refractivity contribution in [3.05, 3.63) is 41.2 Å². The standard InChI is InChI=1S/C11H13ClN4O3S/c12-10-2-1-9(8-17)7-11(10)20(18,19)14-4-6-16-5-3-13-15-16/h1-3,5,7,14,17H,4,6,8H2. The van der Waals surface area contributed by atoms with Gasteiger partial charge in [0.15, 0.2) is 0 Å². The molecule has 0 aliphatic rings. The average molecular weight is 317 g/mol. The highest BCUT2D eigenvalue weighted by atomic mass is 35.5. The number of halogens is 1. The van der Waals surface area contributed by atoms with E-state index in [1.54, 1.807) is 12.3 Å². The molecule has 0 aliphatic heterocycles. The number of aliphatic hydroxyl groups excluding tert-OH is 1. The molecular formula is C11H13ClN4O3S. The third-order valence-corrected chi connectivity index (χ3v) is 4.52. The van der Waals surface area contributed by atoms with E-state index in [1.165, 1.54) is 23.0 Å². The summed E-state index contributed by atoms with van der Waals surface area (Å²) in [5.41, 5.74) is 0.478. The maximum atomic E-state index is 12.1. The summed E-state index contributed by atoms with van der Waals surface area (Å²) >= 11 is 5.89. The summed E-state index contributed by atoms with van der Waals surface area (Å²) in [5.74, 6) is 0. The molecule has 7 nitrogen and oxygen atoms in total. The van der Waals surface area contributed by atoms with E-state index in [2.05, 4.69) is 15.0 Å². The average Bonchev–Trinajstić information content (AvgIpc) is 2.92. The second kappa shape index (κ2) is 6.31. The second-order valence-electron chi connectivity index (χ2n) is 3.99. The molecule has 108 valence electrons. The molecule has 0 fully saturated rings. The molecule has 1 aromatic carbocycles. The molecule has 0 saturated heterocycles. The smallest absolute Gasteiger partial charge is 0.242 e. The number of hydrogen-bond acceptors (Lipinski definition) is 5.